The van der Waals surface area contributed by atoms with Crippen molar-refractivity contribution in [2.75, 3.05) is 6.54 Å². The van der Waals surface area contributed by atoms with Gasteiger partial charge in [-0.25, -0.2) is 4.79 Å². The average molecular weight is 287 g/mol. The number of nitrogens with zero attached hydrogens (tertiary/aromatic N) is 2. The monoisotopic (exact) mass is 287 g/mol. The highest BCUT2D eigenvalue weighted by atomic mass is 16.2. The summed E-state index contributed by atoms with van der Waals surface area (Å²) in [4.78, 5) is 30.1. The number of carbonyl (C=O) groups excluding carboxylic acids is 2. The molecule has 5 nitrogen and oxygen atoms in total. The number of amides is 3. The molecule has 1 saturated carbocycles. The standard InChI is InChI=1S/C16H21N3O2/c1-12-2-7-16(8-3-12)14(20)19(15(21)18-16)11-6-13-4-9-17-10-5-13/h4-5,9-10,12H,2-3,6-8,11H2,1H3,(H,18,21). The Hall–Kier alpha value is -1.91. The van der Waals surface area contributed by atoms with Gasteiger partial charge in [0.05, 0.1) is 0 Å². The van der Waals surface area contributed by atoms with Crippen molar-refractivity contribution < 1.29 is 9.59 Å². The van der Waals surface area contributed by atoms with Crippen molar-refractivity contribution in [1.82, 2.24) is 15.2 Å². The van der Waals surface area contributed by atoms with E-state index in [-0.39, 0.29) is 11.9 Å². The molecule has 3 amide bonds. The quantitative estimate of drug-likeness (QED) is 0.866. The van der Waals surface area contributed by atoms with Crippen LogP contribution in [-0.4, -0.2) is 33.9 Å². The van der Waals surface area contributed by atoms with Gasteiger partial charge in [-0.15, -0.1) is 0 Å². The van der Waals surface area contributed by atoms with Crippen molar-refractivity contribution in [1.29, 1.82) is 0 Å². The molecular weight excluding hydrogens is 266 g/mol. The van der Waals surface area contributed by atoms with Gasteiger partial charge < -0.3 is 5.32 Å². The first kappa shape index (κ1) is 14.0. The van der Waals surface area contributed by atoms with Gasteiger partial charge >= 0.3 is 6.03 Å². The molecule has 1 aliphatic carbocycles. The Bertz CT molecular complexity index is 536. The Kier molecular flexibility index (Phi) is 3.66. The summed E-state index contributed by atoms with van der Waals surface area (Å²) in [6.07, 6.45) is 7.67. The van der Waals surface area contributed by atoms with Gasteiger partial charge in [-0.2, -0.15) is 0 Å². The van der Waals surface area contributed by atoms with Gasteiger partial charge in [0.2, 0.25) is 0 Å². The lowest BCUT2D eigenvalue weighted by Gasteiger charge is -2.33. The van der Waals surface area contributed by atoms with Gasteiger partial charge in [-0.3, -0.25) is 14.7 Å². The van der Waals surface area contributed by atoms with Crippen LogP contribution in [0.5, 0.6) is 0 Å². The third-order valence-corrected chi connectivity index (χ3v) is 4.75. The van der Waals surface area contributed by atoms with Gasteiger partial charge in [-0.05, 0) is 55.7 Å². The summed E-state index contributed by atoms with van der Waals surface area (Å²) in [5.41, 5.74) is 0.464. The molecule has 1 N–H and O–H groups in total. The fourth-order valence-corrected chi connectivity index (χ4v) is 3.26. The van der Waals surface area contributed by atoms with Crippen LogP contribution in [0.4, 0.5) is 4.79 Å². The number of hydrogen-bond donors (Lipinski definition) is 1. The summed E-state index contributed by atoms with van der Waals surface area (Å²) in [5, 5.41) is 2.95. The summed E-state index contributed by atoms with van der Waals surface area (Å²) in [6.45, 7) is 2.64. The highest BCUT2D eigenvalue weighted by molar-refractivity contribution is 6.07. The Morgan fingerprint density at radius 2 is 1.95 bits per heavy atom. The molecule has 1 spiro atoms. The molecule has 3 rings (SSSR count). The molecule has 0 bridgehead atoms. The van der Waals surface area contributed by atoms with Gasteiger partial charge in [0.1, 0.15) is 5.54 Å². The number of aromatic nitrogens is 1. The van der Waals surface area contributed by atoms with E-state index in [4.69, 9.17) is 0 Å². The summed E-state index contributed by atoms with van der Waals surface area (Å²) in [5.74, 6) is 0.611. The van der Waals surface area contributed by atoms with Crippen LogP contribution in [0.25, 0.3) is 0 Å². The second-order valence-electron chi connectivity index (χ2n) is 6.26. The highest BCUT2D eigenvalue weighted by Crippen LogP contribution is 2.36. The molecule has 112 valence electrons. The van der Waals surface area contributed by atoms with Crippen molar-refractivity contribution in [3.05, 3.63) is 30.1 Å². The lowest BCUT2D eigenvalue weighted by molar-refractivity contribution is -0.132. The van der Waals surface area contributed by atoms with Gasteiger partial charge in [-0.1, -0.05) is 6.92 Å². The summed E-state index contributed by atoms with van der Waals surface area (Å²) < 4.78 is 0. The van der Waals surface area contributed by atoms with Crippen LogP contribution in [0.3, 0.4) is 0 Å². The van der Waals surface area contributed by atoms with Crippen LogP contribution in [0.1, 0.15) is 38.2 Å². The van der Waals surface area contributed by atoms with E-state index in [1.807, 2.05) is 12.1 Å². The normalized spacial score (nSPS) is 29.0. The van der Waals surface area contributed by atoms with E-state index >= 15 is 0 Å². The number of nitrogens with one attached hydrogen (secondary N) is 1. The minimum atomic E-state index is -0.623. The van der Waals surface area contributed by atoms with E-state index in [1.165, 1.54) is 4.90 Å². The lowest BCUT2D eigenvalue weighted by atomic mass is 9.77. The van der Waals surface area contributed by atoms with E-state index in [2.05, 4.69) is 17.2 Å². The molecule has 5 heteroatoms. The van der Waals surface area contributed by atoms with Crippen molar-refractivity contribution in [3.8, 4) is 0 Å². The first-order valence-corrected chi connectivity index (χ1v) is 7.64. The molecule has 0 aromatic carbocycles. The predicted molar refractivity (Wildman–Crippen MR) is 78.5 cm³/mol. The van der Waals surface area contributed by atoms with E-state index in [0.29, 0.717) is 18.9 Å². The summed E-state index contributed by atoms with van der Waals surface area (Å²) >= 11 is 0. The maximum Gasteiger partial charge on any atom is 0.325 e. The zero-order chi connectivity index (χ0) is 14.9. The summed E-state index contributed by atoms with van der Waals surface area (Å²) in [6, 6.07) is 3.59. The molecule has 0 unspecified atom stereocenters. The second-order valence-corrected chi connectivity index (χ2v) is 6.26. The molecule has 2 aliphatic rings. The Balaban J connectivity index is 1.67. The van der Waals surface area contributed by atoms with Crippen molar-refractivity contribution in [2.45, 2.75) is 44.6 Å². The molecule has 2 heterocycles. The van der Waals surface area contributed by atoms with Gasteiger partial charge in [0.15, 0.2) is 0 Å². The second kappa shape index (κ2) is 5.47. The smallest absolute Gasteiger partial charge is 0.323 e. The largest absolute Gasteiger partial charge is 0.325 e. The first-order chi connectivity index (χ1) is 10.1. The minimum Gasteiger partial charge on any atom is -0.323 e. The molecule has 0 atom stereocenters. The molecule has 21 heavy (non-hydrogen) atoms. The molecule has 1 aliphatic heterocycles. The lowest BCUT2D eigenvalue weighted by Crippen LogP contribution is -2.49. The van der Waals surface area contributed by atoms with Crippen molar-refractivity contribution >= 4 is 11.9 Å². The maximum atomic E-state index is 12.7. The number of imide groups is 1. The number of urea groups is 1. The molecule has 1 aromatic heterocycles. The Morgan fingerprint density at radius 1 is 1.29 bits per heavy atom. The Labute approximate surface area is 124 Å². The predicted octanol–water partition coefficient (Wildman–Crippen LogP) is 2.12. The fraction of sp³-hybridized carbons (Fsp3) is 0.562. The van der Waals surface area contributed by atoms with Crippen LogP contribution in [0, 0.1) is 5.92 Å². The van der Waals surface area contributed by atoms with Crippen LogP contribution in [0.15, 0.2) is 24.5 Å². The summed E-state index contributed by atoms with van der Waals surface area (Å²) in [7, 11) is 0. The van der Waals surface area contributed by atoms with Crippen LogP contribution in [0.2, 0.25) is 0 Å². The first-order valence-electron chi connectivity index (χ1n) is 7.64. The van der Waals surface area contributed by atoms with Crippen molar-refractivity contribution in [2.24, 2.45) is 5.92 Å². The van der Waals surface area contributed by atoms with Crippen LogP contribution >= 0.6 is 0 Å². The molecule has 1 saturated heterocycles. The Morgan fingerprint density at radius 3 is 2.62 bits per heavy atom. The zero-order valence-corrected chi connectivity index (χ0v) is 12.3. The average Bonchev–Trinajstić information content (AvgIpc) is 2.73. The van der Waals surface area contributed by atoms with Crippen LogP contribution < -0.4 is 5.32 Å². The van der Waals surface area contributed by atoms with Gasteiger partial charge in [0.25, 0.3) is 5.91 Å². The van der Waals surface area contributed by atoms with E-state index in [1.54, 1.807) is 12.4 Å². The van der Waals surface area contributed by atoms with Crippen LogP contribution in [-0.2, 0) is 11.2 Å². The fourth-order valence-electron chi connectivity index (χ4n) is 3.26. The SMILES string of the molecule is CC1CCC2(CC1)NC(=O)N(CCc1ccncc1)C2=O. The van der Waals surface area contributed by atoms with Gasteiger partial charge in [0, 0.05) is 18.9 Å². The van der Waals surface area contributed by atoms with E-state index in [9.17, 15) is 9.59 Å². The third kappa shape index (κ3) is 2.64. The topological polar surface area (TPSA) is 62.3 Å². The molecule has 1 aromatic rings. The molecule has 2 fully saturated rings. The number of rotatable bonds is 3. The number of pyridine rings is 1. The minimum absolute atomic E-state index is 0.0338. The van der Waals surface area contributed by atoms with Crippen molar-refractivity contribution in [3.63, 3.8) is 0 Å². The zero-order valence-electron chi connectivity index (χ0n) is 12.3. The molecular formula is C16H21N3O2. The van der Waals surface area contributed by atoms with E-state index in [0.717, 1.165) is 31.2 Å². The number of carbonyl (C=O) groups is 2. The number of hydrogen-bond acceptors (Lipinski definition) is 3. The highest BCUT2D eigenvalue weighted by Gasteiger charge is 2.51. The maximum absolute atomic E-state index is 12.7. The van der Waals surface area contributed by atoms with E-state index < -0.39 is 5.54 Å². The third-order valence-electron chi connectivity index (χ3n) is 4.75. The molecule has 0 radical (unpaired) electrons.